The van der Waals surface area contributed by atoms with E-state index in [2.05, 4.69) is 46.6 Å². The van der Waals surface area contributed by atoms with E-state index in [-0.39, 0.29) is 0 Å². The fraction of sp³-hybridized carbons (Fsp3) is 0.462. The Bertz CT molecular complexity index is 561. The molecule has 2 aromatic heterocycles. The van der Waals surface area contributed by atoms with Gasteiger partial charge in [-0.1, -0.05) is 17.7 Å². The van der Waals surface area contributed by atoms with Gasteiger partial charge in [0.15, 0.2) is 5.15 Å². The molecule has 1 unspecified atom stereocenters. The van der Waals surface area contributed by atoms with Gasteiger partial charge in [-0.25, -0.2) is 4.98 Å². The lowest BCUT2D eigenvalue weighted by molar-refractivity contribution is 0.409. The third kappa shape index (κ3) is 1.74. The van der Waals surface area contributed by atoms with Crippen molar-refractivity contribution in [1.29, 1.82) is 0 Å². The normalized spacial score (nSPS) is 21.5. The maximum absolute atomic E-state index is 6.25. The maximum Gasteiger partial charge on any atom is 0.155 e. The van der Waals surface area contributed by atoms with E-state index in [9.17, 15) is 0 Å². The van der Waals surface area contributed by atoms with Crippen molar-refractivity contribution >= 4 is 17.1 Å². The Balaban J connectivity index is 2.14. The van der Waals surface area contributed by atoms with Gasteiger partial charge in [0, 0.05) is 18.7 Å². The molecule has 0 aromatic carbocycles. The molecule has 0 spiro atoms. The summed E-state index contributed by atoms with van der Waals surface area (Å²) in [6, 6.07) is 4.13. The van der Waals surface area contributed by atoms with Crippen LogP contribution in [0.3, 0.4) is 0 Å². The van der Waals surface area contributed by atoms with E-state index in [4.69, 9.17) is 11.6 Å². The van der Waals surface area contributed by atoms with E-state index in [0.717, 1.165) is 24.4 Å². The Hall–Kier alpha value is -1.06. The van der Waals surface area contributed by atoms with E-state index in [0.29, 0.717) is 11.1 Å². The number of pyridine rings is 1. The summed E-state index contributed by atoms with van der Waals surface area (Å²) in [6.07, 6.45) is 3.23. The van der Waals surface area contributed by atoms with Crippen molar-refractivity contribution in [3.05, 3.63) is 34.9 Å². The first kappa shape index (κ1) is 11.1. The number of aryl methyl sites for hydroxylation is 1. The second-order valence-corrected chi connectivity index (χ2v) is 5.28. The quantitative estimate of drug-likeness (QED) is 0.775. The number of hydrogen-bond acceptors (Lipinski definition) is 2. The molecule has 90 valence electrons. The van der Waals surface area contributed by atoms with Crippen molar-refractivity contribution in [3.63, 3.8) is 0 Å². The van der Waals surface area contributed by atoms with E-state index in [1.807, 2.05) is 0 Å². The third-order valence-electron chi connectivity index (χ3n) is 3.61. The fourth-order valence-corrected chi connectivity index (χ4v) is 3.04. The first-order valence-electron chi connectivity index (χ1n) is 5.98. The SMILES string of the molecule is Cc1cccn2c(C3CCN(C)C3)nc(Cl)c12. The Morgan fingerprint density at radius 2 is 2.29 bits per heavy atom. The summed E-state index contributed by atoms with van der Waals surface area (Å²) in [6.45, 7) is 4.29. The lowest BCUT2D eigenvalue weighted by Gasteiger charge is -2.09. The fourth-order valence-electron chi connectivity index (χ4n) is 2.71. The van der Waals surface area contributed by atoms with Crippen molar-refractivity contribution in [2.75, 3.05) is 20.1 Å². The van der Waals surface area contributed by atoms with Crippen LogP contribution in [0.25, 0.3) is 5.52 Å². The number of nitrogens with zero attached hydrogens (tertiary/aromatic N) is 3. The number of likely N-dealkylation sites (tertiary alicyclic amines) is 1. The van der Waals surface area contributed by atoms with Gasteiger partial charge >= 0.3 is 0 Å². The summed E-state index contributed by atoms with van der Waals surface area (Å²) in [7, 11) is 2.16. The zero-order valence-corrected chi connectivity index (χ0v) is 10.9. The highest BCUT2D eigenvalue weighted by Crippen LogP contribution is 2.30. The molecule has 0 radical (unpaired) electrons. The number of halogens is 1. The molecular formula is C13H16ClN3. The molecule has 2 aromatic rings. The first-order valence-corrected chi connectivity index (χ1v) is 6.36. The Morgan fingerprint density at radius 3 is 3.00 bits per heavy atom. The summed E-state index contributed by atoms with van der Waals surface area (Å²) in [5.41, 5.74) is 2.24. The number of hydrogen-bond donors (Lipinski definition) is 0. The molecule has 1 aliphatic rings. The predicted octanol–water partition coefficient (Wildman–Crippen LogP) is 2.72. The number of fused-ring (bicyclic) bond motifs is 1. The van der Waals surface area contributed by atoms with Crippen LogP contribution in [-0.2, 0) is 0 Å². The minimum absolute atomic E-state index is 0.502. The zero-order chi connectivity index (χ0) is 12.0. The van der Waals surface area contributed by atoms with E-state index >= 15 is 0 Å². The molecule has 0 N–H and O–H groups in total. The molecule has 1 aliphatic heterocycles. The molecule has 1 saturated heterocycles. The summed E-state index contributed by atoms with van der Waals surface area (Å²) in [4.78, 5) is 6.91. The Labute approximate surface area is 106 Å². The van der Waals surface area contributed by atoms with E-state index in [1.165, 1.54) is 12.0 Å². The highest BCUT2D eigenvalue weighted by molar-refractivity contribution is 6.32. The highest BCUT2D eigenvalue weighted by atomic mass is 35.5. The van der Waals surface area contributed by atoms with Crippen molar-refractivity contribution in [2.24, 2.45) is 0 Å². The Kier molecular flexibility index (Phi) is 2.60. The van der Waals surface area contributed by atoms with Gasteiger partial charge in [-0.05, 0) is 38.6 Å². The van der Waals surface area contributed by atoms with Crippen molar-refractivity contribution in [2.45, 2.75) is 19.3 Å². The van der Waals surface area contributed by atoms with Crippen LogP contribution in [0.1, 0.15) is 23.7 Å². The second kappa shape index (κ2) is 4.00. The molecule has 3 rings (SSSR count). The van der Waals surface area contributed by atoms with Crippen LogP contribution >= 0.6 is 11.6 Å². The smallest absolute Gasteiger partial charge is 0.155 e. The maximum atomic E-state index is 6.25. The van der Waals surface area contributed by atoms with Crippen LogP contribution in [-0.4, -0.2) is 34.4 Å². The van der Waals surface area contributed by atoms with Crippen LogP contribution in [0.4, 0.5) is 0 Å². The van der Waals surface area contributed by atoms with Crippen LogP contribution in [0.15, 0.2) is 18.3 Å². The van der Waals surface area contributed by atoms with Gasteiger partial charge < -0.3 is 9.30 Å². The topological polar surface area (TPSA) is 20.5 Å². The molecule has 1 atom stereocenters. The Morgan fingerprint density at radius 1 is 1.47 bits per heavy atom. The van der Waals surface area contributed by atoms with E-state index < -0.39 is 0 Å². The first-order chi connectivity index (χ1) is 8.16. The predicted molar refractivity (Wildman–Crippen MR) is 69.8 cm³/mol. The monoisotopic (exact) mass is 249 g/mol. The number of aromatic nitrogens is 2. The standard InChI is InChI=1S/C13H16ClN3/c1-9-4-3-6-17-11(9)12(14)15-13(17)10-5-7-16(2)8-10/h3-4,6,10H,5,7-8H2,1-2H3. The second-order valence-electron chi connectivity index (χ2n) is 4.92. The average Bonchev–Trinajstić information content (AvgIpc) is 2.84. The molecule has 3 heterocycles. The summed E-state index contributed by atoms with van der Waals surface area (Å²) in [5.74, 6) is 1.61. The van der Waals surface area contributed by atoms with E-state index in [1.54, 1.807) is 0 Å². The minimum atomic E-state index is 0.502. The van der Waals surface area contributed by atoms with Crippen LogP contribution in [0.5, 0.6) is 0 Å². The van der Waals surface area contributed by atoms with Gasteiger partial charge in [-0.15, -0.1) is 0 Å². The molecule has 3 nitrogen and oxygen atoms in total. The third-order valence-corrected chi connectivity index (χ3v) is 3.87. The average molecular weight is 250 g/mol. The molecule has 0 saturated carbocycles. The number of likely N-dealkylation sites (N-methyl/N-ethyl adjacent to an activating group) is 1. The number of imidazole rings is 1. The minimum Gasteiger partial charge on any atom is -0.306 e. The molecule has 0 bridgehead atoms. The van der Waals surface area contributed by atoms with Gasteiger partial charge in [0.2, 0.25) is 0 Å². The van der Waals surface area contributed by atoms with Gasteiger partial charge in [0.05, 0.1) is 5.52 Å². The van der Waals surface area contributed by atoms with Gasteiger partial charge in [0.1, 0.15) is 5.82 Å². The van der Waals surface area contributed by atoms with Gasteiger partial charge in [-0.3, -0.25) is 0 Å². The van der Waals surface area contributed by atoms with Crippen molar-refractivity contribution in [1.82, 2.24) is 14.3 Å². The summed E-state index contributed by atoms with van der Waals surface area (Å²) < 4.78 is 2.15. The molecule has 0 aliphatic carbocycles. The van der Waals surface area contributed by atoms with Crippen LogP contribution < -0.4 is 0 Å². The van der Waals surface area contributed by atoms with Crippen LogP contribution in [0, 0.1) is 6.92 Å². The van der Waals surface area contributed by atoms with Crippen LogP contribution in [0.2, 0.25) is 5.15 Å². The van der Waals surface area contributed by atoms with Gasteiger partial charge in [-0.2, -0.15) is 0 Å². The molecule has 17 heavy (non-hydrogen) atoms. The molecule has 1 fully saturated rings. The summed E-state index contributed by atoms with van der Waals surface area (Å²) >= 11 is 6.25. The number of rotatable bonds is 1. The van der Waals surface area contributed by atoms with Crippen molar-refractivity contribution in [3.8, 4) is 0 Å². The molecular weight excluding hydrogens is 234 g/mol. The lowest BCUT2D eigenvalue weighted by atomic mass is 10.1. The largest absolute Gasteiger partial charge is 0.306 e. The van der Waals surface area contributed by atoms with Gasteiger partial charge in [0.25, 0.3) is 0 Å². The zero-order valence-electron chi connectivity index (χ0n) is 10.2. The molecule has 0 amide bonds. The summed E-state index contributed by atoms with van der Waals surface area (Å²) in [5, 5.41) is 0.632. The highest BCUT2D eigenvalue weighted by Gasteiger charge is 2.26. The van der Waals surface area contributed by atoms with Crippen molar-refractivity contribution < 1.29 is 0 Å². The molecule has 4 heteroatoms. The lowest BCUT2D eigenvalue weighted by Crippen LogP contribution is -2.14.